The van der Waals surface area contributed by atoms with Crippen LogP contribution in [0.15, 0.2) is 70.8 Å². The highest BCUT2D eigenvalue weighted by Crippen LogP contribution is 2.25. The van der Waals surface area contributed by atoms with Crippen molar-refractivity contribution in [2.45, 2.75) is 30.3 Å². The van der Waals surface area contributed by atoms with Gasteiger partial charge in [0.2, 0.25) is 0 Å². The number of thioether (sulfide) groups is 1. The van der Waals surface area contributed by atoms with Crippen LogP contribution in [0, 0.1) is 0 Å². The lowest BCUT2D eigenvalue weighted by Gasteiger charge is -2.23. The van der Waals surface area contributed by atoms with Gasteiger partial charge in [0.15, 0.2) is 10.9 Å². The molecule has 0 radical (unpaired) electrons. The lowest BCUT2D eigenvalue weighted by Crippen LogP contribution is -2.30. The average Bonchev–Trinajstić information content (AvgIpc) is 2.80. The van der Waals surface area contributed by atoms with Crippen molar-refractivity contribution in [2.24, 2.45) is 0 Å². The maximum atomic E-state index is 13.1. The fourth-order valence-corrected chi connectivity index (χ4v) is 5.21. The SMILES string of the molecule is CCCSc1ncc(Cl)c(C(=O)Nc2ccc(S(=O)(=O)N(CC)c3ccccc3)cc2)n1. The van der Waals surface area contributed by atoms with E-state index in [1.807, 2.05) is 13.0 Å². The molecule has 0 fully saturated rings. The van der Waals surface area contributed by atoms with E-state index in [4.69, 9.17) is 11.6 Å². The third-order valence-electron chi connectivity index (χ3n) is 4.40. The summed E-state index contributed by atoms with van der Waals surface area (Å²) in [4.78, 5) is 21.1. The molecule has 168 valence electrons. The molecule has 0 aliphatic carbocycles. The predicted octanol–water partition coefficient (Wildman–Crippen LogP) is 5.10. The van der Waals surface area contributed by atoms with Crippen LogP contribution in [0.5, 0.6) is 0 Å². The first kappa shape index (κ1) is 24.0. The summed E-state index contributed by atoms with van der Waals surface area (Å²) in [5, 5.41) is 3.32. The second-order valence-corrected chi connectivity index (χ2v) is 10.0. The van der Waals surface area contributed by atoms with Gasteiger partial charge in [-0.25, -0.2) is 18.4 Å². The third kappa shape index (κ3) is 5.59. The van der Waals surface area contributed by atoms with Crippen LogP contribution in [0.2, 0.25) is 5.02 Å². The standard InChI is InChI=1S/C22H23ClN4O3S2/c1-3-14-31-22-24-15-19(23)20(26-22)21(28)25-16-10-12-18(13-11-16)32(29,30)27(4-2)17-8-6-5-7-9-17/h5-13,15H,3-4,14H2,1-2H3,(H,25,28). The Hall–Kier alpha value is -2.62. The zero-order valence-corrected chi connectivity index (χ0v) is 20.0. The number of nitrogens with one attached hydrogen (secondary N) is 1. The van der Waals surface area contributed by atoms with Crippen LogP contribution in [-0.4, -0.2) is 36.6 Å². The fourth-order valence-electron chi connectivity index (χ4n) is 2.89. The monoisotopic (exact) mass is 490 g/mol. The number of para-hydroxylation sites is 1. The molecule has 10 heteroatoms. The molecular formula is C22H23ClN4O3S2. The Morgan fingerprint density at radius 3 is 2.41 bits per heavy atom. The molecule has 1 aromatic heterocycles. The van der Waals surface area contributed by atoms with E-state index in [-0.39, 0.29) is 22.2 Å². The van der Waals surface area contributed by atoms with Gasteiger partial charge in [-0.15, -0.1) is 0 Å². The van der Waals surface area contributed by atoms with Crippen LogP contribution in [0.1, 0.15) is 30.8 Å². The zero-order chi connectivity index (χ0) is 23.1. The quantitative estimate of drug-likeness (QED) is 0.331. The topological polar surface area (TPSA) is 92.3 Å². The molecule has 0 unspecified atom stereocenters. The lowest BCUT2D eigenvalue weighted by atomic mass is 10.3. The summed E-state index contributed by atoms with van der Waals surface area (Å²) in [5.74, 6) is 0.335. The Balaban J connectivity index is 1.78. The number of carbonyl (C=O) groups is 1. The first-order chi connectivity index (χ1) is 15.4. The smallest absolute Gasteiger partial charge is 0.275 e. The summed E-state index contributed by atoms with van der Waals surface area (Å²) >= 11 is 7.55. The summed E-state index contributed by atoms with van der Waals surface area (Å²) < 4.78 is 27.5. The van der Waals surface area contributed by atoms with Crippen molar-refractivity contribution < 1.29 is 13.2 Å². The van der Waals surface area contributed by atoms with Crippen molar-refractivity contribution >= 4 is 50.7 Å². The second kappa shape index (κ2) is 10.8. The largest absolute Gasteiger partial charge is 0.321 e. The van der Waals surface area contributed by atoms with E-state index in [0.29, 0.717) is 16.5 Å². The number of hydrogen-bond donors (Lipinski definition) is 1. The molecule has 3 aromatic rings. The highest BCUT2D eigenvalue weighted by atomic mass is 35.5. The number of amides is 1. The third-order valence-corrected chi connectivity index (χ3v) is 7.66. The molecular weight excluding hydrogens is 468 g/mol. The van der Waals surface area contributed by atoms with E-state index < -0.39 is 15.9 Å². The normalized spacial score (nSPS) is 11.2. The Labute approximate surface area is 197 Å². The lowest BCUT2D eigenvalue weighted by molar-refractivity contribution is 0.102. The number of nitrogens with zero attached hydrogens (tertiary/aromatic N) is 3. The molecule has 1 amide bonds. The number of anilines is 2. The fraction of sp³-hybridized carbons (Fsp3) is 0.227. The molecule has 32 heavy (non-hydrogen) atoms. The van der Waals surface area contributed by atoms with Gasteiger partial charge in [-0.2, -0.15) is 0 Å². The Morgan fingerprint density at radius 1 is 1.09 bits per heavy atom. The van der Waals surface area contributed by atoms with Crippen molar-refractivity contribution in [3.8, 4) is 0 Å². The van der Waals surface area contributed by atoms with E-state index in [1.54, 1.807) is 31.2 Å². The predicted molar refractivity (Wildman–Crippen MR) is 129 cm³/mol. The number of benzene rings is 2. The minimum absolute atomic E-state index is 0.0678. The zero-order valence-electron chi connectivity index (χ0n) is 17.7. The van der Waals surface area contributed by atoms with E-state index in [0.717, 1.165) is 12.2 Å². The minimum atomic E-state index is -3.75. The molecule has 0 saturated carbocycles. The summed E-state index contributed by atoms with van der Waals surface area (Å²) in [6.07, 6.45) is 2.35. The highest BCUT2D eigenvalue weighted by Gasteiger charge is 2.23. The molecule has 0 atom stereocenters. The molecule has 0 aliphatic rings. The van der Waals surface area contributed by atoms with Gasteiger partial charge in [0, 0.05) is 18.0 Å². The molecule has 0 saturated heterocycles. The van der Waals surface area contributed by atoms with Crippen LogP contribution in [0.3, 0.4) is 0 Å². The minimum Gasteiger partial charge on any atom is -0.321 e. The number of rotatable bonds is 9. The summed E-state index contributed by atoms with van der Waals surface area (Å²) in [7, 11) is -3.75. The van der Waals surface area contributed by atoms with Gasteiger partial charge >= 0.3 is 0 Å². The summed E-state index contributed by atoms with van der Waals surface area (Å²) in [6.45, 7) is 4.10. The van der Waals surface area contributed by atoms with Crippen molar-refractivity contribution in [3.63, 3.8) is 0 Å². The number of carbonyl (C=O) groups excluding carboxylic acids is 1. The van der Waals surface area contributed by atoms with Gasteiger partial charge < -0.3 is 5.32 Å². The van der Waals surface area contributed by atoms with Crippen molar-refractivity contribution in [1.29, 1.82) is 0 Å². The maximum absolute atomic E-state index is 13.1. The van der Waals surface area contributed by atoms with Crippen LogP contribution >= 0.6 is 23.4 Å². The van der Waals surface area contributed by atoms with Gasteiger partial charge in [0.25, 0.3) is 15.9 Å². The molecule has 1 N–H and O–H groups in total. The molecule has 0 aliphatic heterocycles. The first-order valence-corrected chi connectivity index (χ1v) is 12.8. The number of halogens is 1. The van der Waals surface area contributed by atoms with E-state index in [2.05, 4.69) is 15.3 Å². The van der Waals surface area contributed by atoms with E-state index in [1.165, 1.54) is 46.5 Å². The summed E-state index contributed by atoms with van der Waals surface area (Å²) in [6, 6.07) is 14.9. The van der Waals surface area contributed by atoms with Crippen molar-refractivity contribution in [1.82, 2.24) is 9.97 Å². The molecule has 7 nitrogen and oxygen atoms in total. The van der Waals surface area contributed by atoms with Gasteiger partial charge in [-0.3, -0.25) is 9.10 Å². The Kier molecular flexibility index (Phi) is 8.11. The second-order valence-electron chi connectivity index (χ2n) is 6.68. The van der Waals surface area contributed by atoms with Gasteiger partial charge in [0.1, 0.15) is 0 Å². The van der Waals surface area contributed by atoms with Crippen molar-refractivity contribution in [2.75, 3.05) is 21.9 Å². The van der Waals surface area contributed by atoms with Gasteiger partial charge in [-0.1, -0.05) is 48.5 Å². The maximum Gasteiger partial charge on any atom is 0.275 e. The van der Waals surface area contributed by atoms with Crippen LogP contribution in [-0.2, 0) is 10.0 Å². The van der Waals surface area contributed by atoms with E-state index in [9.17, 15) is 13.2 Å². The average molecular weight is 491 g/mol. The van der Waals surface area contributed by atoms with Gasteiger partial charge in [-0.05, 0) is 49.7 Å². The molecule has 0 bridgehead atoms. The number of aromatic nitrogens is 2. The Bertz CT molecular complexity index is 1170. The molecule has 0 spiro atoms. The van der Waals surface area contributed by atoms with E-state index >= 15 is 0 Å². The Morgan fingerprint density at radius 2 is 1.78 bits per heavy atom. The molecule has 1 heterocycles. The van der Waals surface area contributed by atoms with Crippen LogP contribution in [0.25, 0.3) is 0 Å². The summed E-state index contributed by atoms with van der Waals surface area (Å²) in [5.41, 5.74) is 1.08. The van der Waals surface area contributed by atoms with Crippen LogP contribution < -0.4 is 9.62 Å². The number of hydrogen-bond acceptors (Lipinski definition) is 6. The number of sulfonamides is 1. The molecule has 2 aromatic carbocycles. The van der Waals surface area contributed by atoms with Crippen LogP contribution in [0.4, 0.5) is 11.4 Å². The van der Waals surface area contributed by atoms with Crippen molar-refractivity contribution in [3.05, 3.63) is 71.5 Å². The first-order valence-electron chi connectivity index (χ1n) is 10.0. The van der Waals surface area contributed by atoms with Gasteiger partial charge in [0.05, 0.1) is 21.8 Å². The molecule has 3 rings (SSSR count). The highest BCUT2D eigenvalue weighted by molar-refractivity contribution is 7.99.